The minimum Gasteiger partial charge on any atom is -0.487 e. The van der Waals surface area contributed by atoms with Crippen molar-refractivity contribution in [2.75, 3.05) is 6.54 Å². The Bertz CT molecular complexity index is 806. The lowest BCUT2D eigenvalue weighted by Crippen LogP contribution is -2.39. The standard InChI is InChI=1S/C17H15F2N3O2/c18-17(19)13-2-1-3-16(13,17)15(23)22-8-10-4-12(22)11-7-21-6-9(5-20)14(11)24-10/h6-7,10,12-13H,1-4,8H2/t10-,12-,13?,16?/m0/s1. The van der Waals surface area contributed by atoms with Crippen LogP contribution in [0.15, 0.2) is 12.4 Å². The summed E-state index contributed by atoms with van der Waals surface area (Å²) in [6.07, 6.45) is 4.70. The Morgan fingerprint density at radius 2 is 2.29 bits per heavy atom. The number of pyridine rings is 1. The zero-order valence-corrected chi connectivity index (χ0v) is 12.8. The molecule has 7 heteroatoms. The van der Waals surface area contributed by atoms with E-state index < -0.39 is 23.2 Å². The number of amides is 1. The number of rotatable bonds is 1. The molecule has 1 aromatic heterocycles. The minimum absolute atomic E-state index is 0.246. The fraction of sp³-hybridized carbons (Fsp3) is 0.588. The summed E-state index contributed by atoms with van der Waals surface area (Å²) < 4.78 is 34.3. The van der Waals surface area contributed by atoms with Gasteiger partial charge in [-0.25, -0.2) is 8.78 Å². The van der Waals surface area contributed by atoms with Crippen LogP contribution in [0.25, 0.3) is 0 Å². The van der Waals surface area contributed by atoms with Gasteiger partial charge in [-0.15, -0.1) is 0 Å². The molecule has 0 N–H and O–H groups in total. The van der Waals surface area contributed by atoms with Crippen LogP contribution >= 0.6 is 0 Å². The molecule has 5 rings (SSSR count). The van der Waals surface area contributed by atoms with Crippen molar-refractivity contribution >= 4 is 5.91 Å². The van der Waals surface area contributed by atoms with Crippen molar-refractivity contribution in [3.05, 3.63) is 23.5 Å². The maximum absolute atomic E-state index is 14.2. The largest absolute Gasteiger partial charge is 0.487 e. The van der Waals surface area contributed by atoms with Gasteiger partial charge in [0.15, 0.2) is 0 Å². The van der Waals surface area contributed by atoms with Crippen LogP contribution in [-0.4, -0.2) is 34.4 Å². The van der Waals surface area contributed by atoms with E-state index in [4.69, 9.17) is 4.74 Å². The number of nitrogens with zero attached hydrogens (tertiary/aromatic N) is 3. The molecular formula is C17H15F2N3O2. The molecule has 3 heterocycles. The highest BCUT2D eigenvalue weighted by Gasteiger charge is 2.86. The zero-order chi connectivity index (χ0) is 16.7. The summed E-state index contributed by atoms with van der Waals surface area (Å²) >= 11 is 0. The first kappa shape index (κ1) is 14.1. The number of carbonyl (C=O) groups is 1. The lowest BCUT2D eigenvalue weighted by atomic mass is 9.97. The topological polar surface area (TPSA) is 66.2 Å². The van der Waals surface area contributed by atoms with E-state index in [9.17, 15) is 18.8 Å². The van der Waals surface area contributed by atoms with E-state index in [1.54, 1.807) is 11.1 Å². The number of likely N-dealkylation sites (tertiary alicyclic amines) is 1. The smallest absolute Gasteiger partial charge is 0.266 e. The molecule has 1 saturated heterocycles. The van der Waals surface area contributed by atoms with Gasteiger partial charge in [-0.05, 0) is 12.8 Å². The summed E-state index contributed by atoms with van der Waals surface area (Å²) in [5.74, 6) is -3.68. The van der Waals surface area contributed by atoms with Gasteiger partial charge in [0, 0.05) is 30.3 Å². The van der Waals surface area contributed by atoms with Crippen LogP contribution in [0.1, 0.15) is 42.9 Å². The number of halogens is 2. The van der Waals surface area contributed by atoms with E-state index in [0.717, 1.165) is 0 Å². The van der Waals surface area contributed by atoms with Gasteiger partial charge < -0.3 is 9.64 Å². The minimum atomic E-state index is -2.88. The second-order valence-electron chi connectivity index (χ2n) is 7.21. The highest BCUT2D eigenvalue weighted by molar-refractivity contribution is 5.89. The molecule has 3 fully saturated rings. The van der Waals surface area contributed by atoms with Crippen LogP contribution in [0.5, 0.6) is 5.75 Å². The lowest BCUT2D eigenvalue weighted by molar-refractivity contribution is -0.142. The van der Waals surface area contributed by atoms with Gasteiger partial charge >= 0.3 is 0 Å². The molecule has 0 aromatic carbocycles. The molecule has 4 aliphatic rings. The molecule has 4 atom stereocenters. The van der Waals surface area contributed by atoms with E-state index in [1.165, 1.54) is 6.20 Å². The summed E-state index contributed by atoms with van der Waals surface area (Å²) in [6, 6.07) is 1.72. The number of hydrogen-bond donors (Lipinski definition) is 0. The molecule has 1 amide bonds. The van der Waals surface area contributed by atoms with Gasteiger partial charge in [-0.3, -0.25) is 9.78 Å². The van der Waals surface area contributed by atoms with Crippen molar-refractivity contribution in [2.45, 2.75) is 43.8 Å². The van der Waals surface area contributed by atoms with E-state index in [2.05, 4.69) is 4.98 Å². The van der Waals surface area contributed by atoms with Crippen LogP contribution in [0, 0.1) is 22.7 Å². The number of ether oxygens (including phenoxy) is 1. The SMILES string of the molecule is N#Cc1cncc2c1O[C@H]1C[C@@H]2N(C(=O)C23CCCC2C3(F)F)C1. The van der Waals surface area contributed by atoms with Crippen molar-refractivity contribution in [3.63, 3.8) is 0 Å². The van der Waals surface area contributed by atoms with Crippen LogP contribution in [0.4, 0.5) is 8.78 Å². The number of carbonyl (C=O) groups excluding carboxylic acids is 1. The summed E-state index contributed by atoms with van der Waals surface area (Å²) in [5, 5.41) is 9.20. The molecule has 2 saturated carbocycles. The molecule has 24 heavy (non-hydrogen) atoms. The maximum Gasteiger partial charge on any atom is 0.266 e. The van der Waals surface area contributed by atoms with E-state index in [0.29, 0.717) is 42.7 Å². The first-order valence-electron chi connectivity index (χ1n) is 8.24. The van der Waals surface area contributed by atoms with Crippen molar-refractivity contribution in [3.8, 4) is 11.8 Å². The van der Waals surface area contributed by atoms with Crippen LogP contribution < -0.4 is 4.74 Å². The summed E-state index contributed by atoms with van der Waals surface area (Å²) in [7, 11) is 0. The predicted octanol–water partition coefficient (Wildman–Crippen LogP) is 2.42. The van der Waals surface area contributed by atoms with Crippen molar-refractivity contribution in [2.24, 2.45) is 11.3 Å². The molecule has 0 radical (unpaired) electrons. The monoisotopic (exact) mass is 331 g/mol. The third kappa shape index (κ3) is 1.43. The van der Waals surface area contributed by atoms with E-state index in [-0.39, 0.29) is 18.6 Å². The molecule has 2 aliphatic carbocycles. The molecule has 0 spiro atoms. The molecule has 2 bridgehead atoms. The summed E-state index contributed by atoms with van der Waals surface area (Å²) in [5.41, 5.74) is -0.513. The number of nitriles is 1. The zero-order valence-electron chi connectivity index (χ0n) is 12.8. The fourth-order valence-corrected chi connectivity index (χ4v) is 5.02. The van der Waals surface area contributed by atoms with Gasteiger partial charge in [0.05, 0.1) is 12.6 Å². The molecule has 5 nitrogen and oxygen atoms in total. The van der Waals surface area contributed by atoms with Gasteiger partial charge in [-0.1, -0.05) is 6.42 Å². The van der Waals surface area contributed by atoms with Crippen molar-refractivity contribution in [1.29, 1.82) is 5.26 Å². The quantitative estimate of drug-likeness (QED) is 0.793. The Balaban J connectivity index is 1.53. The Morgan fingerprint density at radius 1 is 1.46 bits per heavy atom. The number of alkyl halides is 2. The summed E-state index contributed by atoms with van der Waals surface area (Å²) in [4.78, 5) is 18.6. The highest BCUT2D eigenvalue weighted by atomic mass is 19.3. The number of fused-ring (bicyclic) bond motifs is 5. The van der Waals surface area contributed by atoms with Gasteiger partial charge in [-0.2, -0.15) is 5.26 Å². The Morgan fingerprint density at radius 3 is 3.00 bits per heavy atom. The first-order chi connectivity index (χ1) is 11.5. The van der Waals surface area contributed by atoms with Crippen molar-refractivity contribution < 1.29 is 18.3 Å². The second-order valence-corrected chi connectivity index (χ2v) is 7.21. The van der Waals surface area contributed by atoms with Crippen LogP contribution in [0.2, 0.25) is 0 Å². The van der Waals surface area contributed by atoms with Crippen LogP contribution in [0.3, 0.4) is 0 Å². The average Bonchev–Trinajstić information content (AvgIpc) is 2.98. The van der Waals surface area contributed by atoms with E-state index >= 15 is 0 Å². The number of hydrogen-bond acceptors (Lipinski definition) is 4. The Hall–Kier alpha value is -2.23. The second kappa shape index (κ2) is 4.24. The first-order valence-corrected chi connectivity index (χ1v) is 8.24. The fourth-order valence-electron chi connectivity index (χ4n) is 5.02. The van der Waals surface area contributed by atoms with Gasteiger partial charge in [0.2, 0.25) is 5.91 Å². The Kier molecular flexibility index (Phi) is 2.50. The van der Waals surface area contributed by atoms with Gasteiger partial charge in [0.1, 0.15) is 28.9 Å². The lowest BCUT2D eigenvalue weighted by Gasteiger charge is -2.29. The third-order valence-electron chi connectivity index (χ3n) is 6.20. The predicted molar refractivity (Wildman–Crippen MR) is 77.2 cm³/mol. The molecule has 2 aliphatic heterocycles. The maximum atomic E-state index is 14.2. The average molecular weight is 331 g/mol. The van der Waals surface area contributed by atoms with Crippen molar-refractivity contribution in [1.82, 2.24) is 9.88 Å². The molecular weight excluding hydrogens is 316 g/mol. The highest BCUT2D eigenvalue weighted by Crippen LogP contribution is 2.75. The third-order valence-corrected chi connectivity index (χ3v) is 6.20. The molecule has 1 aromatic rings. The summed E-state index contributed by atoms with van der Waals surface area (Å²) in [6.45, 7) is 0.299. The van der Waals surface area contributed by atoms with Gasteiger partial charge in [0.25, 0.3) is 5.92 Å². The normalized spacial score (nSPS) is 37.2. The van der Waals surface area contributed by atoms with E-state index in [1.807, 2.05) is 6.07 Å². The number of aromatic nitrogens is 1. The molecule has 124 valence electrons. The van der Waals surface area contributed by atoms with Crippen LogP contribution in [-0.2, 0) is 4.79 Å². The molecule has 2 unspecified atom stereocenters. The Labute approximate surface area is 137 Å².